The summed E-state index contributed by atoms with van der Waals surface area (Å²) in [5.74, 6) is 0. The van der Waals surface area contributed by atoms with E-state index < -0.39 is 0 Å². The highest BCUT2D eigenvalue weighted by molar-refractivity contribution is 5.60. The van der Waals surface area contributed by atoms with Crippen molar-refractivity contribution in [3.8, 4) is 11.3 Å². The average Bonchev–Trinajstić information content (AvgIpc) is 2.92. The number of hydrogen-bond acceptors (Lipinski definition) is 4. The number of aromatic nitrogens is 3. The molecule has 108 valence electrons. The molecule has 0 saturated carbocycles. The van der Waals surface area contributed by atoms with E-state index in [9.17, 15) is 0 Å². The highest BCUT2D eigenvalue weighted by Crippen LogP contribution is 2.18. The second-order valence-corrected chi connectivity index (χ2v) is 5.36. The van der Waals surface area contributed by atoms with Gasteiger partial charge in [0.1, 0.15) is 11.4 Å². The van der Waals surface area contributed by atoms with Crippen molar-refractivity contribution in [1.82, 2.24) is 25.6 Å². The number of aromatic amines is 1. The van der Waals surface area contributed by atoms with Crippen molar-refractivity contribution in [3.63, 3.8) is 0 Å². The molecule has 1 unspecified atom stereocenters. The Labute approximate surface area is 120 Å². The van der Waals surface area contributed by atoms with Gasteiger partial charge in [-0.3, -0.25) is 0 Å². The molecular formula is C15H23N5. The lowest BCUT2D eigenvalue weighted by atomic mass is 10.1. The first-order valence-corrected chi connectivity index (χ1v) is 7.00. The normalized spacial score (nSPS) is 12.8. The lowest BCUT2D eigenvalue weighted by molar-refractivity contribution is 0.365. The molecule has 2 N–H and O–H groups in total. The number of H-pyrrole nitrogens is 1. The zero-order chi connectivity index (χ0) is 14.4. The first-order chi connectivity index (χ1) is 9.66. The van der Waals surface area contributed by atoms with E-state index in [-0.39, 0.29) is 0 Å². The fraction of sp³-hybridized carbons (Fsp3) is 0.467. The quantitative estimate of drug-likeness (QED) is 0.809. The minimum Gasteiger partial charge on any atom is -0.309 e. The second kappa shape index (κ2) is 7.17. The standard InChI is InChI=1S/C15H23N5/c1-12(9-10-20(2)3)16-11-14-15(18-19-17-14)13-7-5-4-6-8-13/h4-8,12,16H,9-11H2,1-3H3,(H,17,18,19). The minimum absolute atomic E-state index is 0.456. The zero-order valence-corrected chi connectivity index (χ0v) is 12.4. The summed E-state index contributed by atoms with van der Waals surface area (Å²) >= 11 is 0. The van der Waals surface area contributed by atoms with E-state index in [2.05, 4.69) is 58.8 Å². The molecule has 0 fully saturated rings. The fourth-order valence-electron chi connectivity index (χ4n) is 2.03. The van der Waals surface area contributed by atoms with Crippen molar-refractivity contribution in [2.45, 2.75) is 25.9 Å². The second-order valence-electron chi connectivity index (χ2n) is 5.36. The molecule has 5 heteroatoms. The van der Waals surface area contributed by atoms with Crippen molar-refractivity contribution < 1.29 is 0 Å². The monoisotopic (exact) mass is 273 g/mol. The Balaban J connectivity index is 1.93. The van der Waals surface area contributed by atoms with Gasteiger partial charge < -0.3 is 10.2 Å². The van der Waals surface area contributed by atoms with Gasteiger partial charge in [-0.25, -0.2) is 0 Å². The Hall–Kier alpha value is -1.72. The highest BCUT2D eigenvalue weighted by Gasteiger charge is 2.11. The molecule has 0 amide bonds. The Morgan fingerprint density at radius 2 is 1.95 bits per heavy atom. The van der Waals surface area contributed by atoms with E-state index in [4.69, 9.17) is 0 Å². The van der Waals surface area contributed by atoms with Gasteiger partial charge in [-0.1, -0.05) is 30.3 Å². The maximum Gasteiger partial charge on any atom is 0.117 e. The van der Waals surface area contributed by atoms with Crippen LogP contribution in [-0.4, -0.2) is 47.0 Å². The number of nitrogens with one attached hydrogen (secondary N) is 2. The van der Waals surface area contributed by atoms with Crippen LogP contribution in [0.15, 0.2) is 30.3 Å². The summed E-state index contributed by atoms with van der Waals surface area (Å²) in [6.07, 6.45) is 1.12. The van der Waals surface area contributed by atoms with Crippen LogP contribution in [-0.2, 0) is 6.54 Å². The number of hydrogen-bond donors (Lipinski definition) is 2. The van der Waals surface area contributed by atoms with Gasteiger partial charge in [0, 0.05) is 18.2 Å². The third-order valence-corrected chi connectivity index (χ3v) is 3.29. The van der Waals surface area contributed by atoms with Crippen LogP contribution in [0, 0.1) is 0 Å². The predicted octanol–water partition coefficient (Wildman–Crippen LogP) is 1.90. The van der Waals surface area contributed by atoms with Crippen LogP contribution < -0.4 is 5.32 Å². The van der Waals surface area contributed by atoms with Crippen LogP contribution in [0.1, 0.15) is 19.0 Å². The van der Waals surface area contributed by atoms with Crippen LogP contribution in [0.3, 0.4) is 0 Å². The lowest BCUT2D eigenvalue weighted by Crippen LogP contribution is -2.29. The summed E-state index contributed by atoms with van der Waals surface area (Å²) in [7, 11) is 4.19. The lowest BCUT2D eigenvalue weighted by Gasteiger charge is -2.16. The van der Waals surface area contributed by atoms with Crippen LogP contribution in [0.5, 0.6) is 0 Å². The number of benzene rings is 1. The SMILES string of the molecule is CC(CCN(C)C)NCc1n[nH]nc1-c1ccccc1. The Morgan fingerprint density at radius 3 is 2.65 bits per heavy atom. The third-order valence-electron chi connectivity index (χ3n) is 3.29. The molecule has 0 aliphatic rings. The molecule has 0 saturated heterocycles. The third kappa shape index (κ3) is 4.15. The topological polar surface area (TPSA) is 56.8 Å². The molecule has 2 aromatic rings. The summed E-state index contributed by atoms with van der Waals surface area (Å²) in [4.78, 5) is 2.20. The van der Waals surface area contributed by atoms with Gasteiger partial charge >= 0.3 is 0 Å². The average molecular weight is 273 g/mol. The smallest absolute Gasteiger partial charge is 0.117 e. The summed E-state index contributed by atoms with van der Waals surface area (Å²) in [5, 5.41) is 14.7. The first-order valence-electron chi connectivity index (χ1n) is 7.00. The largest absolute Gasteiger partial charge is 0.309 e. The van der Waals surface area contributed by atoms with Gasteiger partial charge in [0.05, 0.1) is 0 Å². The minimum atomic E-state index is 0.456. The van der Waals surface area contributed by atoms with Crippen LogP contribution in [0.25, 0.3) is 11.3 Å². The van der Waals surface area contributed by atoms with Gasteiger partial charge in [-0.15, -0.1) is 0 Å². The van der Waals surface area contributed by atoms with E-state index >= 15 is 0 Å². The predicted molar refractivity (Wildman–Crippen MR) is 81.3 cm³/mol. The maximum atomic E-state index is 4.25. The molecule has 1 heterocycles. The molecule has 1 atom stereocenters. The zero-order valence-electron chi connectivity index (χ0n) is 12.4. The van der Waals surface area contributed by atoms with Crippen molar-refractivity contribution in [2.24, 2.45) is 0 Å². The Bertz CT molecular complexity index is 506. The van der Waals surface area contributed by atoms with Crippen molar-refractivity contribution in [3.05, 3.63) is 36.0 Å². The van der Waals surface area contributed by atoms with E-state index in [1.54, 1.807) is 0 Å². The Morgan fingerprint density at radius 1 is 1.20 bits per heavy atom. The van der Waals surface area contributed by atoms with Crippen molar-refractivity contribution >= 4 is 0 Å². The number of nitrogens with zero attached hydrogens (tertiary/aromatic N) is 3. The van der Waals surface area contributed by atoms with E-state index in [0.717, 1.165) is 36.5 Å². The van der Waals surface area contributed by atoms with Gasteiger partial charge in [0.15, 0.2) is 0 Å². The summed E-state index contributed by atoms with van der Waals surface area (Å²) in [6.45, 7) is 4.01. The Kier molecular flexibility index (Phi) is 5.26. The summed E-state index contributed by atoms with van der Waals surface area (Å²) in [5.41, 5.74) is 2.99. The van der Waals surface area contributed by atoms with Crippen LogP contribution >= 0.6 is 0 Å². The van der Waals surface area contributed by atoms with Crippen LogP contribution in [0.4, 0.5) is 0 Å². The molecule has 0 bridgehead atoms. The summed E-state index contributed by atoms with van der Waals surface area (Å²) in [6, 6.07) is 10.6. The molecule has 20 heavy (non-hydrogen) atoms. The van der Waals surface area contributed by atoms with Gasteiger partial charge in [-0.2, -0.15) is 15.4 Å². The van der Waals surface area contributed by atoms with Crippen molar-refractivity contribution in [2.75, 3.05) is 20.6 Å². The summed E-state index contributed by atoms with van der Waals surface area (Å²) < 4.78 is 0. The molecule has 1 aromatic carbocycles. The van der Waals surface area contributed by atoms with Crippen LogP contribution in [0.2, 0.25) is 0 Å². The molecule has 2 rings (SSSR count). The van der Waals surface area contributed by atoms with E-state index in [1.165, 1.54) is 0 Å². The van der Waals surface area contributed by atoms with E-state index in [1.807, 2.05) is 18.2 Å². The maximum absolute atomic E-state index is 4.25. The molecule has 0 aliphatic carbocycles. The van der Waals surface area contributed by atoms with Gasteiger partial charge in [0.25, 0.3) is 0 Å². The number of rotatable bonds is 7. The van der Waals surface area contributed by atoms with Gasteiger partial charge in [0.2, 0.25) is 0 Å². The molecule has 0 radical (unpaired) electrons. The van der Waals surface area contributed by atoms with E-state index in [0.29, 0.717) is 6.04 Å². The van der Waals surface area contributed by atoms with Crippen molar-refractivity contribution in [1.29, 1.82) is 0 Å². The molecule has 1 aromatic heterocycles. The first kappa shape index (κ1) is 14.7. The molecule has 0 spiro atoms. The highest BCUT2D eigenvalue weighted by atomic mass is 15.3. The molecular weight excluding hydrogens is 250 g/mol. The fourth-order valence-corrected chi connectivity index (χ4v) is 2.03. The van der Waals surface area contributed by atoms with Gasteiger partial charge in [-0.05, 0) is 34.0 Å². The molecule has 0 aliphatic heterocycles. The molecule has 5 nitrogen and oxygen atoms in total.